The van der Waals surface area contributed by atoms with Crippen molar-refractivity contribution in [1.82, 2.24) is 0 Å². The Hall–Kier alpha value is -1.03. The molecule has 0 unspecified atom stereocenters. The van der Waals surface area contributed by atoms with Gasteiger partial charge < -0.3 is 14.9 Å². The molecule has 0 spiro atoms. The molecule has 0 amide bonds. The van der Waals surface area contributed by atoms with Crippen molar-refractivity contribution in [2.75, 3.05) is 13.7 Å². The van der Waals surface area contributed by atoms with E-state index in [0.29, 0.717) is 6.26 Å². The summed E-state index contributed by atoms with van der Waals surface area (Å²) in [4.78, 5) is 10.4. The van der Waals surface area contributed by atoms with Crippen molar-refractivity contribution in [3.8, 4) is 0 Å². The Morgan fingerprint density at radius 1 is 1.78 bits per heavy atom. The van der Waals surface area contributed by atoms with Gasteiger partial charge in [0.15, 0.2) is 0 Å². The van der Waals surface area contributed by atoms with Crippen LogP contribution >= 0.6 is 0 Å². The number of hydrogen-bond donors (Lipinski definition) is 2. The van der Waals surface area contributed by atoms with Crippen molar-refractivity contribution in [3.63, 3.8) is 0 Å². The highest BCUT2D eigenvalue weighted by Crippen LogP contribution is 1.92. The fourth-order valence-electron chi connectivity index (χ4n) is 0.289. The SMILES string of the molecule is COC(=O)C(=CO)CO. The quantitative estimate of drug-likeness (QED) is 0.304. The molecule has 0 aromatic rings. The molecule has 0 rings (SSSR count). The monoisotopic (exact) mass is 132 g/mol. The number of carbonyl (C=O) groups is 1. The summed E-state index contributed by atoms with van der Waals surface area (Å²) in [5.41, 5.74) is -0.155. The molecule has 0 aliphatic rings. The van der Waals surface area contributed by atoms with Crippen LogP contribution in [-0.4, -0.2) is 29.9 Å². The van der Waals surface area contributed by atoms with Gasteiger partial charge in [-0.15, -0.1) is 0 Å². The molecule has 0 atom stereocenters. The van der Waals surface area contributed by atoms with Crippen molar-refractivity contribution in [1.29, 1.82) is 0 Å². The van der Waals surface area contributed by atoms with E-state index in [1.54, 1.807) is 0 Å². The third kappa shape index (κ3) is 2.14. The van der Waals surface area contributed by atoms with Gasteiger partial charge in [0.2, 0.25) is 0 Å². The summed E-state index contributed by atoms with van der Waals surface area (Å²) in [6, 6.07) is 0. The Bertz CT molecular complexity index is 127. The van der Waals surface area contributed by atoms with Gasteiger partial charge in [0.25, 0.3) is 0 Å². The van der Waals surface area contributed by atoms with Crippen LogP contribution in [0.15, 0.2) is 11.8 Å². The first-order valence-electron chi connectivity index (χ1n) is 2.28. The second kappa shape index (κ2) is 3.91. The van der Waals surface area contributed by atoms with E-state index in [1.807, 2.05) is 0 Å². The van der Waals surface area contributed by atoms with Crippen LogP contribution in [-0.2, 0) is 9.53 Å². The summed E-state index contributed by atoms with van der Waals surface area (Å²) in [5, 5.41) is 16.5. The van der Waals surface area contributed by atoms with Gasteiger partial charge in [-0.25, -0.2) is 4.79 Å². The average Bonchev–Trinajstić information content (AvgIpc) is 1.90. The molecule has 0 aromatic heterocycles. The average molecular weight is 132 g/mol. The number of methoxy groups -OCH3 is 1. The first kappa shape index (κ1) is 7.97. The molecule has 4 heteroatoms. The topological polar surface area (TPSA) is 66.8 Å². The van der Waals surface area contributed by atoms with Crippen molar-refractivity contribution >= 4 is 5.97 Å². The molecule has 4 nitrogen and oxygen atoms in total. The normalized spacial score (nSPS) is 11.1. The van der Waals surface area contributed by atoms with Crippen LogP contribution in [0.3, 0.4) is 0 Å². The lowest BCUT2D eigenvalue weighted by molar-refractivity contribution is -0.136. The Morgan fingerprint density at radius 3 is 2.44 bits per heavy atom. The van der Waals surface area contributed by atoms with E-state index in [9.17, 15) is 4.79 Å². The molecule has 0 bridgehead atoms. The molecule has 0 saturated carbocycles. The number of hydrogen-bond acceptors (Lipinski definition) is 4. The molecule has 0 aliphatic heterocycles. The predicted octanol–water partition coefficient (Wildman–Crippen LogP) is -0.406. The Balaban J connectivity index is 3.97. The Morgan fingerprint density at radius 2 is 2.33 bits per heavy atom. The minimum atomic E-state index is -0.722. The second-order valence-electron chi connectivity index (χ2n) is 1.30. The summed E-state index contributed by atoms with van der Waals surface area (Å²) in [5.74, 6) is -0.722. The second-order valence-corrected chi connectivity index (χ2v) is 1.30. The van der Waals surface area contributed by atoms with Crippen LogP contribution in [0.4, 0.5) is 0 Å². The third-order valence-corrected chi connectivity index (χ3v) is 0.774. The van der Waals surface area contributed by atoms with Gasteiger partial charge in [0.1, 0.15) is 0 Å². The summed E-state index contributed by atoms with van der Waals surface area (Å²) in [6.07, 6.45) is 0.520. The molecule has 0 aromatic carbocycles. The third-order valence-electron chi connectivity index (χ3n) is 0.774. The minimum Gasteiger partial charge on any atom is -0.515 e. The lowest BCUT2D eigenvalue weighted by Crippen LogP contribution is -2.07. The maximum atomic E-state index is 10.4. The smallest absolute Gasteiger partial charge is 0.339 e. The molecule has 0 heterocycles. The number of aliphatic hydroxyl groups is 2. The zero-order valence-corrected chi connectivity index (χ0v) is 5.00. The van der Waals surface area contributed by atoms with Crippen molar-refractivity contribution in [2.24, 2.45) is 0 Å². The molecule has 0 saturated heterocycles. The fourth-order valence-corrected chi connectivity index (χ4v) is 0.289. The summed E-state index contributed by atoms with van der Waals surface area (Å²) in [7, 11) is 1.17. The van der Waals surface area contributed by atoms with Gasteiger partial charge in [0.05, 0.1) is 25.6 Å². The molecular formula is C5H8O4. The molecular weight excluding hydrogens is 124 g/mol. The number of rotatable bonds is 2. The fraction of sp³-hybridized carbons (Fsp3) is 0.400. The van der Waals surface area contributed by atoms with E-state index in [4.69, 9.17) is 10.2 Å². The highest BCUT2D eigenvalue weighted by Gasteiger charge is 2.06. The van der Waals surface area contributed by atoms with Gasteiger partial charge in [0, 0.05) is 0 Å². The van der Waals surface area contributed by atoms with Gasteiger partial charge in [-0.2, -0.15) is 0 Å². The predicted molar refractivity (Wildman–Crippen MR) is 29.8 cm³/mol. The highest BCUT2D eigenvalue weighted by molar-refractivity contribution is 5.88. The molecule has 0 aliphatic carbocycles. The molecule has 52 valence electrons. The summed E-state index contributed by atoms with van der Waals surface area (Å²) >= 11 is 0. The lowest BCUT2D eigenvalue weighted by Gasteiger charge is -1.96. The molecule has 0 radical (unpaired) electrons. The van der Waals surface area contributed by atoms with Crippen LogP contribution in [0, 0.1) is 0 Å². The minimum absolute atomic E-state index is 0.155. The maximum absolute atomic E-state index is 10.4. The van der Waals surface area contributed by atoms with Crippen LogP contribution in [0.5, 0.6) is 0 Å². The van der Waals surface area contributed by atoms with Gasteiger partial charge in [-0.05, 0) is 0 Å². The maximum Gasteiger partial charge on any atom is 0.339 e. The summed E-state index contributed by atoms with van der Waals surface area (Å²) in [6.45, 7) is -0.511. The zero-order valence-electron chi connectivity index (χ0n) is 5.00. The van der Waals surface area contributed by atoms with Gasteiger partial charge >= 0.3 is 5.97 Å². The molecule has 2 N–H and O–H groups in total. The lowest BCUT2D eigenvalue weighted by atomic mass is 10.3. The van der Waals surface area contributed by atoms with E-state index in [0.717, 1.165) is 0 Å². The largest absolute Gasteiger partial charge is 0.515 e. The Labute approximate surface area is 52.4 Å². The van der Waals surface area contributed by atoms with E-state index < -0.39 is 12.6 Å². The van der Waals surface area contributed by atoms with Crippen LogP contribution in [0.2, 0.25) is 0 Å². The van der Waals surface area contributed by atoms with E-state index in [2.05, 4.69) is 4.74 Å². The first-order valence-corrected chi connectivity index (χ1v) is 2.28. The van der Waals surface area contributed by atoms with Crippen LogP contribution in [0.1, 0.15) is 0 Å². The molecule has 9 heavy (non-hydrogen) atoms. The van der Waals surface area contributed by atoms with E-state index in [1.165, 1.54) is 7.11 Å². The zero-order chi connectivity index (χ0) is 7.28. The standard InChI is InChI=1S/C5H8O4/c1-9-5(8)4(2-6)3-7/h2,6-7H,3H2,1H3. The van der Waals surface area contributed by atoms with Gasteiger partial charge in [-0.3, -0.25) is 0 Å². The number of esters is 1. The highest BCUT2D eigenvalue weighted by atomic mass is 16.5. The molecule has 0 fully saturated rings. The van der Waals surface area contributed by atoms with Crippen molar-refractivity contribution in [2.45, 2.75) is 0 Å². The van der Waals surface area contributed by atoms with E-state index >= 15 is 0 Å². The number of aliphatic hydroxyl groups excluding tert-OH is 2. The number of ether oxygens (including phenoxy) is 1. The van der Waals surface area contributed by atoms with Crippen LogP contribution < -0.4 is 0 Å². The van der Waals surface area contributed by atoms with Crippen molar-refractivity contribution < 1.29 is 19.7 Å². The number of carbonyl (C=O) groups excluding carboxylic acids is 1. The Kier molecular flexibility index (Phi) is 3.46. The first-order chi connectivity index (χ1) is 4.26. The summed E-state index contributed by atoms with van der Waals surface area (Å²) < 4.78 is 4.17. The van der Waals surface area contributed by atoms with E-state index in [-0.39, 0.29) is 5.57 Å². The van der Waals surface area contributed by atoms with Crippen molar-refractivity contribution in [3.05, 3.63) is 11.8 Å². The van der Waals surface area contributed by atoms with Gasteiger partial charge in [-0.1, -0.05) is 0 Å². The van der Waals surface area contributed by atoms with Crippen LogP contribution in [0.25, 0.3) is 0 Å².